The van der Waals surface area contributed by atoms with Gasteiger partial charge in [-0.3, -0.25) is 14.6 Å². The van der Waals surface area contributed by atoms with Crippen molar-refractivity contribution < 1.29 is 9.59 Å². The molecule has 0 fully saturated rings. The first-order valence-electron chi connectivity index (χ1n) is 7.78. The Balaban J connectivity index is 1.80. The van der Waals surface area contributed by atoms with Crippen LogP contribution >= 0.6 is 11.6 Å². The summed E-state index contributed by atoms with van der Waals surface area (Å²) >= 11 is 6.23. The van der Waals surface area contributed by atoms with Gasteiger partial charge in [-0.05, 0) is 43.2 Å². The van der Waals surface area contributed by atoms with E-state index < -0.39 is 5.38 Å². The van der Waals surface area contributed by atoms with E-state index in [1.807, 2.05) is 26.0 Å². The van der Waals surface area contributed by atoms with Gasteiger partial charge in [-0.25, -0.2) is 5.43 Å². The van der Waals surface area contributed by atoms with Crippen LogP contribution in [0.2, 0.25) is 0 Å². The molecule has 1 aliphatic heterocycles. The Labute approximate surface area is 150 Å². The molecule has 1 aromatic heterocycles. The highest BCUT2D eigenvalue weighted by atomic mass is 35.5. The molecule has 1 unspecified atom stereocenters. The molecule has 2 aromatic rings. The second kappa shape index (κ2) is 7.03. The number of carbonyl (C=O) groups excluding carboxylic acids is 2. The molecule has 0 radical (unpaired) electrons. The number of hydrazone groups is 1. The summed E-state index contributed by atoms with van der Waals surface area (Å²) < 4.78 is 0. The number of hydrogen-bond donors (Lipinski definition) is 2. The monoisotopic (exact) mass is 356 g/mol. The summed E-state index contributed by atoms with van der Waals surface area (Å²) in [6.07, 6.45) is 3.42. The van der Waals surface area contributed by atoms with Crippen LogP contribution in [-0.2, 0) is 4.79 Å². The number of halogens is 1. The predicted octanol–water partition coefficient (Wildman–Crippen LogP) is 2.78. The molecule has 0 spiro atoms. The van der Waals surface area contributed by atoms with Gasteiger partial charge in [0.05, 0.1) is 23.1 Å². The highest BCUT2D eigenvalue weighted by molar-refractivity contribution is 6.37. The fourth-order valence-electron chi connectivity index (χ4n) is 2.64. The van der Waals surface area contributed by atoms with Crippen molar-refractivity contribution in [3.63, 3.8) is 0 Å². The van der Waals surface area contributed by atoms with Gasteiger partial charge in [0.2, 0.25) is 5.91 Å². The molecule has 0 bridgehead atoms. The third-order valence-corrected chi connectivity index (χ3v) is 4.22. The van der Waals surface area contributed by atoms with Gasteiger partial charge in [-0.1, -0.05) is 6.07 Å². The minimum absolute atomic E-state index is 0.193. The van der Waals surface area contributed by atoms with E-state index in [4.69, 9.17) is 11.6 Å². The maximum atomic E-state index is 12.3. The quantitative estimate of drug-likeness (QED) is 0.829. The average molecular weight is 357 g/mol. The van der Waals surface area contributed by atoms with Crippen LogP contribution in [0.25, 0.3) is 0 Å². The summed E-state index contributed by atoms with van der Waals surface area (Å²) in [5.74, 6) is -0.419. The Morgan fingerprint density at radius 1 is 1.28 bits per heavy atom. The van der Waals surface area contributed by atoms with E-state index >= 15 is 0 Å². The topological polar surface area (TPSA) is 83.4 Å². The lowest BCUT2D eigenvalue weighted by Crippen LogP contribution is -2.34. The average Bonchev–Trinajstić information content (AvgIpc) is 2.56. The summed E-state index contributed by atoms with van der Waals surface area (Å²) in [5.41, 5.74) is 6.91. The zero-order valence-electron chi connectivity index (χ0n) is 13.8. The van der Waals surface area contributed by atoms with Gasteiger partial charge in [0.15, 0.2) is 0 Å². The summed E-state index contributed by atoms with van der Waals surface area (Å²) in [7, 11) is 0. The maximum Gasteiger partial charge on any atom is 0.257 e. The second-order valence-electron chi connectivity index (χ2n) is 5.94. The smallest absolute Gasteiger partial charge is 0.257 e. The minimum atomic E-state index is -0.466. The summed E-state index contributed by atoms with van der Waals surface area (Å²) in [4.78, 5) is 27.7. The number of rotatable bonds is 3. The van der Waals surface area contributed by atoms with Gasteiger partial charge in [-0.2, -0.15) is 5.10 Å². The number of aromatic nitrogens is 1. The number of alkyl halides is 1. The molecule has 2 N–H and O–H groups in total. The molecular formula is C18H17ClN4O2. The van der Waals surface area contributed by atoms with Crippen molar-refractivity contribution >= 4 is 34.8 Å². The first kappa shape index (κ1) is 17.1. The van der Waals surface area contributed by atoms with Crippen LogP contribution in [0.1, 0.15) is 33.5 Å². The first-order valence-corrected chi connectivity index (χ1v) is 8.22. The van der Waals surface area contributed by atoms with Crippen LogP contribution in [0.15, 0.2) is 41.8 Å². The summed E-state index contributed by atoms with van der Waals surface area (Å²) in [5, 5.41) is 6.45. The third kappa shape index (κ3) is 3.85. The number of aryl methyl sites for hydroxylation is 2. The Hall–Kier alpha value is -2.73. The van der Waals surface area contributed by atoms with E-state index in [-0.39, 0.29) is 18.2 Å². The third-order valence-electron chi connectivity index (χ3n) is 3.86. The maximum absolute atomic E-state index is 12.3. The SMILES string of the molecule is Cc1cncc(C(=O)Nc2ccc(C3=NNC(=O)CC3Cl)c(C)c2)c1. The lowest BCUT2D eigenvalue weighted by molar-refractivity contribution is -0.121. The van der Waals surface area contributed by atoms with Crippen molar-refractivity contribution in [1.29, 1.82) is 0 Å². The van der Waals surface area contributed by atoms with Crippen LogP contribution in [0.3, 0.4) is 0 Å². The molecule has 25 heavy (non-hydrogen) atoms. The Kier molecular flexibility index (Phi) is 4.81. The van der Waals surface area contributed by atoms with Crippen LogP contribution in [0, 0.1) is 13.8 Å². The summed E-state index contributed by atoms with van der Waals surface area (Å²) in [6.45, 7) is 3.79. The van der Waals surface area contributed by atoms with E-state index in [2.05, 4.69) is 20.8 Å². The predicted molar refractivity (Wildman–Crippen MR) is 97.0 cm³/mol. The van der Waals surface area contributed by atoms with Crippen molar-refractivity contribution in [2.45, 2.75) is 25.6 Å². The molecule has 2 amide bonds. The fraction of sp³-hybridized carbons (Fsp3) is 0.222. The van der Waals surface area contributed by atoms with Gasteiger partial charge >= 0.3 is 0 Å². The molecule has 2 heterocycles. The molecule has 128 valence electrons. The Morgan fingerprint density at radius 3 is 2.76 bits per heavy atom. The molecule has 0 saturated carbocycles. The van der Waals surface area contributed by atoms with Crippen molar-refractivity contribution in [2.24, 2.45) is 5.10 Å². The largest absolute Gasteiger partial charge is 0.322 e. The van der Waals surface area contributed by atoms with Crippen LogP contribution in [0.5, 0.6) is 0 Å². The van der Waals surface area contributed by atoms with E-state index in [1.165, 1.54) is 6.20 Å². The van der Waals surface area contributed by atoms with E-state index in [0.717, 1.165) is 16.7 Å². The van der Waals surface area contributed by atoms with Gasteiger partial charge in [0.1, 0.15) is 0 Å². The van der Waals surface area contributed by atoms with Crippen molar-refractivity contribution in [1.82, 2.24) is 10.4 Å². The number of benzene rings is 1. The Bertz CT molecular complexity index is 879. The number of carbonyl (C=O) groups is 2. The molecule has 1 aromatic carbocycles. The second-order valence-corrected chi connectivity index (χ2v) is 6.47. The number of nitrogens with zero attached hydrogens (tertiary/aromatic N) is 2. The van der Waals surface area contributed by atoms with Crippen molar-refractivity contribution in [3.05, 3.63) is 58.9 Å². The number of anilines is 1. The van der Waals surface area contributed by atoms with Crippen LogP contribution in [0.4, 0.5) is 5.69 Å². The number of nitrogens with one attached hydrogen (secondary N) is 2. The standard InChI is InChI=1S/C18H17ClN4O2/c1-10-5-12(9-20-8-10)18(25)21-13-3-4-14(11(2)6-13)17-15(19)7-16(24)22-23-17/h3-6,8-9,15H,7H2,1-2H3,(H,21,25)(H,22,24). The molecule has 0 saturated heterocycles. The van der Waals surface area contributed by atoms with Gasteiger partial charge < -0.3 is 5.32 Å². The van der Waals surface area contributed by atoms with Gasteiger partial charge in [-0.15, -0.1) is 11.6 Å². The molecular weight excluding hydrogens is 340 g/mol. The normalized spacial score (nSPS) is 16.8. The van der Waals surface area contributed by atoms with Crippen LogP contribution < -0.4 is 10.7 Å². The minimum Gasteiger partial charge on any atom is -0.322 e. The molecule has 1 aliphatic rings. The van der Waals surface area contributed by atoms with E-state index in [1.54, 1.807) is 18.3 Å². The first-order chi connectivity index (χ1) is 11.9. The van der Waals surface area contributed by atoms with Gasteiger partial charge in [0, 0.05) is 23.6 Å². The van der Waals surface area contributed by atoms with E-state index in [9.17, 15) is 9.59 Å². The van der Waals surface area contributed by atoms with E-state index in [0.29, 0.717) is 17.0 Å². The molecule has 0 aliphatic carbocycles. The lowest BCUT2D eigenvalue weighted by atomic mass is 9.98. The molecule has 1 atom stereocenters. The molecule has 7 heteroatoms. The summed E-state index contributed by atoms with van der Waals surface area (Å²) in [6, 6.07) is 7.25. The molecule has 6 nitrogen and oxygen atoms in total. The zero-order chi connectivity index (χ0) is 18.0. The van der Waals surface area contributed by atoms with Crippen molar-refractivity contribution in [3.8, 4) is 0 Å². The van der Waals surface area contributed by atoms with Crippen molar-refractivity contribution in [2.75, 3.05) is 5.32 Å². The fourth-order valence-corrected chi connectivity index (χ4v) is 2.94. The number of hydrogen-bond acceptors (Lipinski definition) is 4. The number of amides is 2. The highest BCUT2D eigenvalue weighted by Gasteiger charge is 2.24. The Morgan fingerprint density at radius 2 is 2.08 bits per heavy atom. The van der Waals surface area contributed by atoms with Crippen LogP contribution in [-0.4, -0.2) is 27.9 Å². The van der Waals surface area contributed by atoms with Gasteiger partial charge in [0.25, 0.3) is 5.91 Å². The number of pyridine rings is 1. The lowest BCUT2D eigenvalue weighted by Gasteiger charge is -2.19. The highest BCUT2D eigenvalue weighted by Crippen LogP contribution is 2.22. The zero-order valence-corrected chi connectivity index (χ0v) is 14.6. The molecule has 3 rings (SSSR count).